The first-order chi connectivity index (χ1) is 9.06. The SMILES string of the molecule is CC(OCc1ccc(Cl)cc1)C(=O)c1ccc(Cl)s1. The summed E-state index contributed by atoms with van der Waals surface area (Å²) in [5.74, 6) is -0.0501. The Kier molecular flexibility index (Phi) is 4.99. The molecular weight excluding hydrogens is 303 g/mol. The van der Waals surface area contributed by atoms with Gasteiger partial charge in [-0.05, 0) is 36.8 Å². The summed E-state index contributed by atoms with van der Waals surface area (Å²) >= 11 is 12.9. The quantitative estimate of drug-likeness (QED) is 0.738. The number of ether oxygens (including phenoxy) is 1. The smallest absolute Gasteiger partial charge is 0.201 e. The summed E-state index contributed by atoms with van der Waals surface area (Å²) in [6.45, 7) is 2.12. The molecule has 100 valence electrons. The zero-order chi connectivity index (χ0) is 13.8. The van der Waals surface area contributed by atoms with Crippen molar-refractivity contribution in [2.24, 2.45) is 0 Å². The first-order valence-electron chi connectivity index (χ1n) is 5.72. The van der Waals surface area contributed by atoms with Crippen LogP contribution < -0.4 is 0 Å². The summed E-state index contributed by atoms with van der Waals surface area (Å²) < 4.78 is 6.17. The van der Waals surface area contributed by atoms with Crippen LogP contribution in [0.25, 0.3) is 0 Å². The molecular formula is C14H12Cl2O2S. The summed E-state index contributed by atoms with van der Waals surface area (Å²) in [5, 5.41) is 0.682. The number of rotatable bonds is 5. The van der Waals surface area contributed by atoms with Crippen LogP contribution in [0.5, 0.6) is 0 Å². The number of Topliss-reactive ketones (excluding diaryl/α,β-unsaturated/α-hetero) is 1. The Morgan fingerprint density at radius 3 is 2.47 bits per heavy atom. The summed E-state index contributed by atoms with van der Waals surface area (Å²) in [7, 11) is 0. The van der Waals surface area contributed by atoms with Gasteiger partial charge >= 0.3 is 0 Å². The van der Waals surface area contributed by atoms with Gasteiger partial charge in [0.1, 0.15) is 6.10 Å². The van der Waals surface area contributed by atoms with E-state index in [1.54, 1.807) is 31.2 Å². The minimum Gasteiger partial charge on any atom is -0.366 e. The fraction of sp³-hybridized carbons (Fsp3) is 0.214. The zero-order valence-electron chi connectivity index (χ0n) is 10.2. The number of carbonyl (C=O) groups is 1. The molecule has 1 unspecified atom stereocenters. The van der Waals surface area contributed by atoms with Crippen molar-refractivity contribution in [3.05, 3.63) is 56.2 Å². The highest BCUT2D eigenvalue weighted by Crippen LogP contribution is 2.23. The van der Waals surface area contributed by atoms with Gasteiger partial charge in [-0.1, -0.05) is 35.3 Å². The van der Waals surface area contributed by atoms with Crippen molar-refractivity contribution in [2.45, 2.75) is 19.6 Å². The Morgan fingerprint density at radius 1 is 1.21 bits per heavy atom. The number of halogens is 2. The van der Waals surface area contributed by atoms with Crippen molar-refractivity contribution >= 4 is 40.3 Å². The van der Waals surface area contributed by atoms with E-state index in [1.165, 1.54) is 11.3 Å². The van der Waals surface area contributed by atoms with E-state index in [-0.39, 0.29) is 5.78 Å². The van der Waals surface area contributed by atoms with Crippen LogP contribution in [0.2, 0.25) is 9.36 Å². The molecule has 5 heteroatoms. The van der Waals surface area contributed by atoms with Gasteiger partial charge in [-0.25, -0.2) is 0 Å². The topological polar surface area (TPSA) is 26.3 Å². The van der Waals surface area contributed by atoms with Crippen LogP contribution in [0.15, 0.2) is 36.4 Å². The van der Waals surface area contributed by atoms with Gasteiger partial charge in [-0.2, -0.15) is 0 Å². The maximum Gasteiger partial charge on any atom is 0.201 e. The molecule has 0 saturated carbocycles. The molecule has 2 rings (SSSR count). The highest BCUT2D eigenvalue weighted by Gasteiger charge is 2.17. The van der Waals surface area contributed by atoms with Gasteiger partial charge in [0.05, 0.1) is 15.8 Å². The van der Waals surface area contributed by atoms with E-state index in [9.17, 15) is 4.79 Å². The molecule has 0 amide bonds. The summed E-state index contributed by atoms with van der Waals surface area (Å²) in [6, 6.07) is 10.8. The summed E-state index contributed by atoms with van der Waals surface area (Å²) in [5.41, 5.74) is 0.980. The Bertz CT molecular complexity index is 563. The second kappa shape index (κ2) is 6.53. The van der Waals surface area contributed by atoms with Crippen molar-refractivity contribution in [1.82, 2.24) is 0 Å². The number of thiophene rings is 1. The van der Waals surface area contributed by atoms with Crippen molar-refractivity contribution in [1.29, 1.82) is 0 Å². The molecule has 0 bridgehead atoms. The van der Waals surface area contributed by atoms with Gasteiger partial charge in [0.2, 0.25) is 5.78 Å². The number of hydrogen-bond acceptors (Lipinski definition) is 3. The molecule has 0 aliphatic carbocycles. The summed E-state index contributed by atoms with van der Waals surface area (Å²) in [4.78, 5) is 12.7. The summed E-state index contributed by atoms with van der Waals surface area (Å²) in [6.07, 6.45) is -0.495. The first-order valence-corrected chi connectivity index (χ1v) is 7.29. The van der Waals surface area contributed by atoms with Crippen molar-refractivity contribution in [3.8, 4) is 0 Å². The molecule has 0 spiro atoms. The van der Waals surface area contributed by atoms with E-state index >= 15 is 0 Å². The minimum atomic E-state index is -0.495. The van der Waals surface area contributed by atoms with Crippen molar-refractivity contribution < 1.29 is 9.53 Å². The molecule has 0 N–H and O–H groups in total. The third kappa shape index (κ3) is 4.05. The van der Waals surface area contributed by atoms with Crippen LogP contribution in [-0.4, -0.2) is 11.9 Å². The van der Waals surface area contributed by atoms with Gasteiger partial charge in [-0.3, -0.25) is 4.79 Å². The highest BCUT2D eigenvalue weighted by atomic mass is 35.5. The van der Waals surface area contributed by atoms with Gasteiger partial charge in [0, 0.05) is 5.02 Å². The predicted octanol–water partition coefficient (Wildman–Crippen LogP) is 4.84. The van der Waals surface area contributed by atoms with E-state index in [2.05, 4.69) is 0 Å². The molecule has 0 fully saturated rings. The molecule has 0 radical (unpaired) electrons. The molecule has 1 atom stereocenters. The van der Waals surface area contributed by atoms with Gasteiger partial charge < -0.3 is 4.74 Å². The van der Waals surface area contributed by atoms with Crippen LogP contribution in [-0.2, 0) is 11.3 Å². The Balaban J connectivity index is 1.92. The molecule has 2 aromatic rings. The van der Waals surface area contributed by atoms with E-state index in [1.807, 2.05) is 12.1 Å². The molecule has 0 aliphatic heterocycles. The lowest BCUT2D eigenvalue weighted by molar-refractivity contribution is 0.0416. The maximum atomic E-state index is 12.0. The molecule has 1 aromatic carbocycles. The van der Waals surface area contributed by atoms with E-state index < -0.39 is 6.10 Å². The zero-order valence-corrected chi connectivity index (χ0v) is 12.6. The average Bonchev–Trinajstić information content (AvgIpc) is 2.83. The van der Waals surface area contributed by atoms with Gasteiger partial charge in [-0.15, -0.1) is 11.3 Å². The van der Waals surface area contributed by atoms with Crippen molar-refractivity contribution in [3.63, 3.8) is 0 Å². The number of ketones is 1. The van der Waals surface area contributed by atoms with Crippen LogP contribution in [0.4, 0.5) is 0 Å². The monoisotopic (exact) mass is 314 g/mol. The molecule has 0 aliphatic rings. The second-order valence-electron chi connectivity index (χ2n) is 4.05. The molecule has 1 heterocycles. The number of hydrogen-bond donors (Lipinski definition) is 0. The standard InChI is InChI=1S/C14H12Cl2O2S/c1-9(14(17)12-6-7-13(16)19-12)18-8-10-2-4-11(15)5-3-10/h2-7,9H,8H2,1H3. The predicted molar refractivity (Wildman–Crippen MR) is 79.4 cm³/mol. The van der Waals surface area contributed by atoms with Crippen LogP contribution >= 0.6 is 34.5 Å². The van der Waals surface area contributed by atoms with Gasteiger partial charge in [0.25, 0.3) is 0 Å². The third-order valence-electron chi connectivity index (χ3n) is 2.60. The third-order valence-corrected chi connectivity index (χ3v) is 4.10. The lowest BCUT2D eigenvalue weighted by Gasteiger charge is -2.11. The second-order valence-corrected chi connectivity index (χ2v) is 6.20. The first kappa shape index (κ1) is 14.5. The lowest BCUT2D eigenvalue weighted by atomic mass is 10.2. The van der Waals surface area contributed by atoms with Gasteiger partial charge in [0.15, 0.2) is 0 Å². The lowest BCUT2D eigenvalue weighted by Crippen LogP contribution is -2.19. The highest BCUT2D eigenvalue weighted by molar-refractivity contribution is 7.18. The molecule has 2 nitrogen and oxygen atoms in total. The van der Waals surface area contributed by atoms with Crippen LogP contribution in [0.3, 0.4) is 0 Å². The molecule has 19 heavy (non-hydrogen) atoms. The molecule has 1 aromatic heterocycles. The van der Waals surface area contributed by atoms with E-state index in [0.29, 0.717) is 20.8 Å². The number of carbonyl (C=O) groups excluding carboxylic acids is 1. The Hall–Kier alpha value is -0.870. The van der Waals surface area contributed by atoms with Crippen LogP contribution in [0.1, 0.15) is 22.2 Å². The normalized spacial score (nSPS) is 12.4. The fourth-order valence-electron chi connectivity index (χ4n) is 1.52. The fourth-order valence-corrected chi connectivity index (χ4v) is 2.71. The average molecular weight is 315 g/mol. The Morgan fingerprint density at radius 2 is 1.89 bits per heavy atom. The maximum absolute atomic E-state index is 12.0. The largest absolute Gasteiger partial charge is 0.366 e. The van der Waals surface area contributed by atoms with E-state index in [4.69, 9.17) is 27.9 Å². The van der Waals surface area contributed by atoms with E-state index in [0.717, 1.165) is 5.56 Å². The Labute approximate surface area is 125 Å². The molecule has 0 saturated heterocycles. The number of benzene rings is 1. The van der Waals surface area contributed by atoms with Crippen LogP contribution in [0, 0.1) is 0 Å². The minimum absolute atomic E-state index is 0.0501. The van der Waals surface area contributed by atoms with Crippen molar-refractivity contribution in [2.75, 3.05) is 0 Å².